The number of aliphatic hydroxyl groups is 16. The van der Waals surface area contributed by atoms with Crippen molar-refractivity contribution in [2.24, 2.45) is 50.2 Å². The van der Waals surface area contributed by atoms with E-state index in [9.17, 15) is 106 Å². The molecule has 38 atom stereocenters. The number of rotatable bonds is 28. The van der Waals surface area contributed by atoms with Gasteiger partial charge in [0.15, 0.2) is 43.7 Å². The Kier molecular flexibility index (Phi) is 28.3. The molecular formula is C76H121NO35. The fraction of sp³-hybridized carbons (Fsp3) is 0.908. The lowest BCUT2D eigenvalue weighted by atomic mass is 9.33. The van der Waals surface area contributed by atoms with Gasteiger partial charge in [-0.3, -0.25) is 14.4 Å². The molecule has 6 saturated heterocycles. The lowest BCUT2D eigenvalue weighted by molar-refractivity contribution is -0.391. The molecule has 36 heteroatoms. The van der Waals surface area contributed by atoms with Gasteiger partial charge in [0.2, 0.25) is 12.2 Å². The van der Waals surface area contributed by atoms with Gasteiger partial charge in [0, 0.05) is 12.8 Å². The maximum absolute atomic E-state index is 16.1. The predicted octanol–water partition coefficient (Wildman–Crippen LogP) is -2.73. The summed E-state index contributed by atoms with van der Waals surface area (Å²) in [5, 5.41) is 201. The molecule has 4 saturated carbocycles. The number of aliphatic hydroxyl groups excluding tert-OH is 16. The minimum atomic E-state index is -2.23. The number of aliphatic carboxylic acids is 2. The van der Waals surface area contributed by atoms with E-state index in [-0.39, 0.29) is 38.0 Å². The number of amides is 1. The number of carboxylic acid groups (broad SMARTS) is 2. The molecule has 640 valence electrons. The number of esters is 1. The van der Waals surface area contributed by atoms with Crippen LogP contribution in [0.3, 0.4) is 0 Å². The van der Waals surface area contributed by atoms with Gasteiger partial charge in [-0.1, -0.05) is 91.7 Å². The largest absolute Gasteiger partial charge is 0.481 e. The van der Waals surface area contributed by atoms with E-state index in [4.69, 9.17) is 61.9 Å². The van der Waals surface area contributed by atoms with E-state index < -0.39 is 279 Å². The van der Waals surface area contributed by atoms with Crippen LogP contribution in [0.5, 0.6) is 0 Å². The molecule has 11 rings (SSSR count). The molecule has 0 aromatic heterocycles. The Labute approximate surface area is 648 Å². The van der Waals surface area contributed by atoms with Crippen molar-refractivity contribution in [3.05, 3.63) is 11.6 Å². The number of hydrogen-bond donors (Lipinski definition) is 19. The van der Waals surface area contributed by atoms with Crippen LogP contribution >= 0.6 is 0 Å². The fourth-order valence-electron chi connectivity index (χ4n) is 20.9. The second kappa shape index (κ2) is 35.6. The fourth-order valence-corrected chi connectivity index (χ4v) is 20.9. The first-order valence-electron chi connectivity index (χ1n) is 39.8. The average Bonchev–Trinajstić information content (AvgIpc) is 0.669. The van der Waals surface area contributed by atoms with Crippen LogP contribution in [0.1, 0.15) is 170 Å². The van der Waals surface area contributed by atoms with Gasteiger partial charge < -0.3 is 159 Å². The number of nitrogens with one attached hydrogen (secondary N) is 1. The highest BCUT2D eigenvalue weighted by molar-refractivity contribution is 5.80. The highest BCUT2D eigenvalue weighted by atomic mass is 16.8. The molecule has 5 aliphatic carbocycles. The Balaban J connectivity index is 0.854. The minimum Gasteiger partial charge on any atom is -0.481 e. The monoisotopic (exact) mass is 1610 g/mol. The smallest absolute Gasteiger partial charge is 0.335 e. The van der Waals surface area contributed by atoms with E-state index in [2.05, 4.69) is 46.0 Å². The normalized spacial score (nSPS) is 48.8. The van der Waals surface area contributed by atoms with Gasteiger partial charge in [0.25, 0.3) is 0 Å². The minimum absolute atomic E-state index is 0.00603. The Morgan fingerprint density at radius 1 is 0.527 bits per heavy atom. The molecule has 10 fully saturated rings. The summed E-state index contributed by atoms with van der Waals surface area (Å²) in [4.78, 5) is 68.2. The molecule has 0 spiro atoms. The zero-order chi connectivity index (χ0) is 81.8. The Hall–Kier alpha value is -3.79. The maximum atomic E-state index is 16.1. The number of allylic oxidation sites excluding steroid dienone is 2. The molecule has 112 heavy (non-hydrogen) atoms. The number of fused-ring (bicyclic) bond motifs is 7. The quantitative estimate of drug-likeness (QED) is 0.0124. The Morgan fingerprint density at radius 3 is 1.68 bits per heavy atom. The van der Waals surface area contributed by atoms with Crippen LogP contribution in [0.2, 0.25) is 0 Å². The van der Waals surface area contributed by atoms with Crippen LogP contribution in [0.4, 0.5) is 0 Å². The van der Waals surface area contributed by atoms with Crippen molar-refractivity contribution in [2.75, 3.05) is 26.4 Å². The van der Waals surface area contributed by atoms with Crippen molar-refractivity contribution < 1.29 is 173 Å². The summed E-state index contributed by atoms with van der Waals surface area (Å²) in [6.45, 7) is 10.8. The third-order valence-corrected chi connectivity index (χ3v) is 27.7. The van der Waals surface area contributed by atoms with Gasteiger partial charge in [0.1, 0.15) is 122 Å². The van der Waals surface area contributed by atoms with E-state index in [0.29, 0.717) is 57.8 Å². The summed E-state index contributed by atoms with van der Waals surface area (Å²) in [7, 11) is 0. The molecule has 0 bridgehead atoms. The van der Waals surface area contributed by atoms with Crippen molar-refractivity contribution in [3.8, 4) is 0 Å². The van der Waals surface area contributed by atoms with Crippen molar-refractivity contribution in [1.82, 2.24) is 5.32 Å². The van der Waals surface area contributed by atoms with Crippen LogP contribution < -0.4 is 5.32 Å². The van der Waals surface area contributed by atoms with E-state index in [1.807, 2.05) is 0 Å². The topological polar surface area (TPSA) is 572 Å². The summed E-state index contributed by atoms with van der Waals surface area (Å²) in [6, 6.07) is -1.46. The van der Waals surface area contributed by atoms with Crippen LogP contribution in [0.25, 0.3) is 0 Å². The number of carbonyl (C=O) groups excluding carboxylic acids is 3. The predicted molar refractivity (Wildman–Crippen MR) is 377 cm³/mol. The molecule has 36 nitrogen and oxygen atoms in total. The van der Waals surface area contributed by atoms with Crippen molar-refractivity contribution >= 4 is 30.1 Å². The third kappa shape index (κ3) is 17.0. The number of hydrogen-bond acceptors (Lipinski definition) is 33. The average molecular weight is 1610 g/mol. The molecule has 0 aromatic carbocycles. The van der Waals surface area contributed by atoms with Gasteiger partial charge in [-0.15, -0.1) is 0 Å². The van der Waals surface area contributed by atoms with Crippen LogP contribution in [0, 0.1) is 50.2 Å². The summed E-state index contributed by atoms with van der Waals surface area (Å²) >= 11 is 0. The summed E-state index contributed by atoms with van der Waals surface area (Å²) < 4.78 is 73.0. The third-order valence-electron chi connectivity index (χ3n) is 27.7. The number of carbonyl (C=O) groups is 5. The molecule has 0 radical (unpaired) electrons. The molecular weight excluding hydrogens is 1490 g/mol. The maximum Gasteiger partial charge on any atom is 0.335 e. The SMILES string of the molecule is C[C@H]1O[C@H](O[C@@H]2[C@@H](OC(=O)[C@]34CCC(C)(C)C[C@H]3C3=CC[C@@H]5[C@@]6(C)CC[C@H](O[C@@H]7O[C@H](C(=O)O)[C@@H](O)[C@H](O[C@@H]8OC[C@@H](O)[C@H](O)[C@H]8O)[C@H]7O[C@@H]7O[C@H](CO)[C@H](O)[C@H](O)[C@H]7O)[C@@](C)(C=O)[C@@H]6CC[C@@]5(C)[C@]3(C)C[C@H]4O)O[C@@H](CO)[C@@H](NC(=O)CCCCCCCCCCC(=O)O)[C@H]2O)[C@@H](O)[C@@H](O)[C@@H]1O[C@H]1OC[C@H](O)[C@@H](O)[C@@H]1O. The van der Waals surface area contributed by atoms with E-state index in [1.165, 1.54) is 6.92 Å². The number of unbranched alkanes of at least 4 members (excludes halogenated alkanes) is 7. The molecule has 0 aromatic rings. The van der Waals surface area contributed by atoms with E-state index >= 15 is 4.79 Å². The molecule has 1 amide bonds. The van der Waals surface area contributed by atoms with Gasteiger partial charge in [-0.2, -0.15) is 0 Å². The van der Waals surface area contributed by atoms with Crippen molar-refractivity contribution in [2.45, 2.75) is 355 Å². The van der Waals surface area contributed by atoms with Crippen molar-refractivity contribution in [1.29, 1.82) is 0 Å². The van der Waals surface area contributed by atoms with Crippen LogP contribution in [0.15, 0.2) is 11.6 Å². The standard InChI is InChI=1S/C76H121NO35/c1-33-58(107-64-53(93)47(87)36(81)30-101-64)52(92)56(96)66(103-33)110-61-50(90)46(77-44(84)16-14-12-10-8-9-11-13-15-17-45(85)86)38(28-78)104-68(61)112-70(100)76-25-24-71(2,3)26-35(76)34-18-19-41-72(4)22-21-43(73(5,32-80)40(72)20-23-74(41,6)75(34,7)27-42(76)83)106-69-62(111-67-55(95)51(91)49(89)39(29-79)105-67)59(57(97)60(109-69)63(98)99)108-65-54(94)48(88)37(82)31-102-65/h18,32-33,35-43,46-62,64-69,78-79,81-83,87-97H,8-17,19-31H2,1-7H3,(H,77,84)(H,85,86)(H,98,99)/t33-,35+,36+,37-,38+,39-,40-,41-,42-,43+,46-,47-,48+,49+,50-,51+,52-,53+,54-,55-,56+,57+,58-,59+,60+,61+,62-,64-,65+,66-,67+,68-,69-,72+,73+,74-,75-,76-/m1/s1. The first-order chi connectivity index (χ1) is 52.8. The number of aldehydes is 1. The second-order valence-corrected chi connectivity index (χ2v) is 35.1. The first-order valence-corrected chi connectivity index (χ1v) is 39.8. The molecule has 19 N–H and O–H groups in total. The lowest BCUT2D eigenvalue weighted by Crippen LogP contribution is -2.70. The highest BCUT2D eigenvalue weighted by Gasteiger charge is 2.73. The highest BCUT2D eigenvalue weighted by Crippen LogP contribution is 2.76. The molecule has 6 aliphatic heterocycles. The summed E-state index contributed by atoms with van der Waals surface area (Å²) in [5.74, 6) is -5.58. The van der Waals surface area contributed by atoms with Gasteiger partial charge in [-0.05, 0) is 117 Å². The first kappa shape index (κ1) is 89.0. The second-order valence-electron chi connectivity index (χ2n) is 35.1. The summed E-state index contributed by atoms with van der Waals surface area (Å²) in [6.07, 6.45) is -40.9. The molecule has 0 unspecified atom stereocenters. The molecule has 6 heterocycles. The van der Waals surface area contributed by atoms with Crippen LogP contribution in [-0.4, -0.2) is 333 Å². The van der Waals surface area contributed by atoms with E-state index in [1.54, 1.807) is 6.92 Å². The van der Waals surface area contributed by atoms with Crippen LogP contribution in [-0.2, 0) is 80.8 Å². The summed E-state index contributed by atoms with van der Waals surface area (Å²) in [5.41, 5.74) is -5.06. The molecule has 11 aliphatic rings. The van der Waals surface area contributed by atoms with Gasteiger partial charge >= 0.3 is 17.9 Å². The number of carboxylic acids is 2. The zero-order valence-corrected chi connectivity index (χ0v) is 64.5. The lowest BCUT2D eigenvalue weighted by Gasteiger charge is -2.71. The zero-order valence-electron chi connectivity index (χ0n) is 64.5. The van der Waals surface area contributed by atoms with E-state index in [0.717, 1.165) is 44.0 Å². The van der Waals surface area contributed by atoms with Gasteiger partial charge in [0.05, 0.1) is 56.2 Å². The Morgan fingerprint density at radius 2 is 1.08 bits per heavy atom. The van der Waals surface area contributed by atoms with Gasteiger partial charge in [-0.25, -0.2) is 4.79 Å². The van der Waals surface area contributed by atoms with Crippen molar-refractivity contribution in [3.63, 3.8) is 0 Å². The number of ether oxygens (including phenoxy) is 12. The Bertz CT molecular complexity index is 3240.